The average Bonchev–Trinajstić information content (AvgIpc) is 2.29. The van der Waals surface area contributed by atoms with Gasteiger partial charge in [-0.2, -0.15) is 13.5 Å². The first-order chi connectivity index (χ1) is 8.23. The number of sulfonamides is 1. The Kier molecular flexibility index (Phi) is 5.02. The Morgan fingerprint density at radius 3 is 2.33 bits per heavy atom. The molecule has 18 heavy (non-hydrogen) atoms. The van der Waals surface area contributed by atoms with Crippen molar-refractivity contribution in [2.45, 2.75) is 50.3 Å². The molecule has 0 unspecified atom stereocenters. The second-order valence-corrected chi connectivity index (χ2v) is 6.80. The van der Waals surface area contributed by atoms with Crippen LogP contribution >= 0.6 is 12.2 Å². The van der Waals surface area contributed by atoms with Crippen molar-refractivity contribution in [3.63, 3.8) is 0 Å². The topological polar surface area (TPSA) is 72.2 Å². The summed E-state index contributed by atoms with van der Waals surface area (Å²) in [4.78, 5) is -0.0544. The Labute approximate surface area is 111 Å². The van der Waals surface area contributed by atoms with Gasteiger partial charge < -0.3 is 5.73 Å². The number of halogens is 2. The molecule has 0 aromatic heterocycles. The van der Waals surface area contributed by atoms with Gasteiger partial charge in [0.25, 0.3) is 10.0 Å². The zero-order chi connectivity index (χ0) is 14.0. The third kappa shape index (κ3) is 3.36. The van der Waals surface area contributed by atoms with Crippen molar-refractivity contribution in [3.05, 3.63) is 0 Å². The molecule has 1 aliphatic rings. The van der Waals surface area contributed by atoms with Gasteiger partial charge in [0.15, 0.2) is 0 Å². The maximum Gasteiger partial charge on any atom is 0.350 e. The summed E-state index contributed by atoms with van der Waals surface area (Å²) in [5, 5.41) is 0. The van der Waals surface area contributed by atoms with Crippen molar-refractivity contribution >= 4 is 27.2 Å². The van der Waals surface area contributed by atoms with Gasteiger partial charge in [0.2, 0.25) is 0 Å². The van der Waals surface area contributed by atoms with Gasteiger partial charge >= 0.3 is 5.76 Å². The summed E-state index contributed by atoms with van der Waals surface area (Å²) in [6.45, 7) is 2.04. The maximum absolute atomic E-state index is 12.4. The van der Waals surface area contributed by atoms with Crippen LogP contribution in [0.1, 0.15) is 39.0 Å². The van der Waals surface area contributed by atoms with Gasteiger partial charge in [-0.1, -0.05) is 25.6 Å². The standard InChI is InChI=1S/C10H18F2N2O2S2/c1-2-7-3-5-10(6-4-7,8(13)17)14-18(15,16)9(11)12/h7,9,14H,2-6H2,1H3,(H2,13,17). The smallest absolute Gasteiger partial charge is 0.350 e. The van der Waals surface area contributed by atoms with E-state index < -0.39 is 21.3 Å². The molecular weight excluding hydrogens is 282 g/mol. The molecule has 0 heterocycles. The SMILES string of the molecule is CCC1CCC(NS(=O)(=O)C(F)F)(C(N)=S)CC1. The molecule has 0 radical (unpaired) electrons. The molecule has 4 nitrogen and oxygen atoms in total. The molecule has 0 bridgehead atoms. The summed E-state index contributed by atoms with van der Waals surface area (Å²) < 4.78 is 49.4. The lowest BCUT2D eigenvalue weighted by Crippen LogP contribution is -2.59. The minimum absolute atomic E-state index is 0.0544. The van der Waals surface area contributed by atoms with E-state index in [0.29, 0.717) is 18.8 Å². The van der Waals surface area contributed by atoms with Crippen LogP contribution in [0.5, 0.6) is 0 Å². The summed E-state index contributed by atoms with van der Waals surface area (Å²) in [5.74, 6) is -2.99. The van der Waals surface area contributed by atoms with Crippen molar-refractivity contribution < 1.29 is 17.2 Å². The molecule has 0 saturated heterocycles. The Morgan fingerprint density at radius 1 is 1.50 bits per heavy atom. The van der Waals surface area contributed by atoms with E-state index in [9.17, 15) is 17.2 Å². The van der Waals surface area contributed by atoms with Gasteiger partial charge in [-0.25, -0.2) is 8.42 Å². The highest BCUT2D eigenvalue weighted by Crippen LogP contribution is 2.35. The molecule has 0 amide bonds. The Bertz CT molecular complexity index is 404. The van der Waals surface area contributed by atoms with Crippen molar-refractivity contribution in [2.75, 3.05) is 0 Å². The summed E-state index contributed by atoms with van der Waals surface area (Å²) in [6, 6.07) is 0. The summed E-state index contributed by atoms with van der Waals surface area (Å²) in [6.07, 6.45) is 3.22. The van der Waals surface area contributed by atoms with E-state index >= 15 is 0 Å². The molecule has 1 aliphatic carbocycles. The van der Waals surface area contributed by atoms with Crippen molar-refractivity contribution in [2.24, 2.45) is 11.7 Å². The van der Waals surface area contributed by atoms with E-state index in [1.807, 2.05) is 11.6 Å². The van der Waals surface area contributed by atoms with Gasteiger partial charge in [0, 0.05) is 0 Å². The fourth-order valence-corrected chi connectivity index (χ4v) is 3.56. The van der Waals surface area contributed by atoms with Crippen LogP contribution in [0, 0.1) is 5.92 Å². The quantitative estimate of drug-likeness (QED) is 0.759. The van der Waals surface area contributed by atoms with Crippen LogP contribution in [0.4, 0.5) is 8.78 Å². The molecule has 1 saturated carbocycles. The van der Waals surface area contributed by atoms with Gasteiger partial charge in [0.1, 0.15) is 0 Å². The molecule has 1 rings (SSSR count). The Hall–Kier alpha value is -0.340. The zero-order valence-electron chi connectivity index (χ0n) is 10.2. The van der Waals surface area contributed by atoms with Crippen LogP contribution in [0.25, 0.3) is 0 Å². The maximum atomic E-state index is 12.4. The molecule has 0 spiro atoms. The highest BCUT2D eigenvalue weighted by molar-refractivity contribution is 7.90. The minimum Gasteiger partial charge on any atom is -0.392 e. The first-order valence-electron chi connectivity index (χ1n) is 5.84. The highest BCUT2D eigenvalue weighted by atomic mass is 32.2. The van der Waals surface area contributed by atoms with E-state index in [2.05, 4.69) is 0 Å². The molecule has 0 aromatic rings. The predicted molar refractivity (Wildman–Crippen MR) is 69.8 cm³/mol. The van der Waals surface area contributed by atoms with E-state index in [0.717, 1.165) is 19.3 Å². The molecular formula is C10H18F2N2O2S2. The lowest BCUT2D eigenvalue weighted by molar-refractivity contribution is 0.222. The van der Waals surface area contributed by atoms with E-state index in [4.69, 9.17) is 18.0 Å². The van der Waals surface area contributed by atoms with Gasteiger partial charge in [-0.3, -0.25) is 0 Å². The lowest BCUT2D eigenvalue weighted by atomic mass is 9.76. The number of hydrogen-bond acceptors (Lipinski definition) is 3. The molecule has 8 heteroatoms. The average molecular weight is 300 g/mol. The second-order valence-electron chi connectivity index (χ2n) is 4.71. The molecule has 106 valence electrons. The van der Waals surface area contributed by atoms with E-state index in [1.54, 1.807) is 0 Å². The largest absolute Gasteiger partial charge is 0.392 e. The lowest BCUT2D eigenvalue weighted by Gasteiger charge is -2.39. The van der Waals surface area contributed by atoms with E-state index in [-0.39, 0.29) is 4.99 Å². The monoisotopic (exact) mass is 300 g/mol. The summed E-state index contributed by atoms with van der Waals surface area (Å²) >= 11 is 4.86. The predicted octanol–water partition coefficient (Wildman–Crippen LogP) is 1.75. The van der Waals surface area contributed by atoms with Crippen LogP contribution in [-0.4, -0.2) is 24.7 Å². The van der Waals surface area contributed by atoms with Crippen LogP contribution in [0.3, 0.4) is 0 Å². The molecule has 1 fully saturated rings. The van der Waals surface area contributed by atoms with Gasteiger partial charge in [-0.05, 0) is 31.6 Å². The summed E-state index contributed by atoms with van der Waals surface area (Å²) in [7, 11) is -4.68. The first kappa shape index (κ1) is 15.7. The number of thiocarbonyl (C=S) groups is 1. The van der Waals surface area contributed by atoms with Crippen molar-refractivity contribution in [1.82, 2.24) is 4.72 Å². The number of nitrogens with one attached hydrogen (secondary N) is 1. The Balaban J connectivity index is 2.88. The number of alkyl halides is 2. The molecule has 0 aliphatic heterocycles. The van der Waals surface area contributed by atoms with Crippen LogP contribution in [-0.2, 0) is 10.0 Å². The third-order valence-corrected chi connectivity index (χ3v) is 5.12. The summed E-state index contributed by atoms with van der Waals surface area (Å²) in [5.41, 5.74) is 4.37. The van der Waals surface area contributed by atoms with Crippen LogP contribution in [0.2, 0.25) is 0 Å². The zero-order valence-corrected chi connectivity index (χ0v) is 11.8. The normalized spacial score (nSPS) is 29.4. The van der Waals surface area contributed by atoms with Crippen molar-refractivity contribution in [1.29, 1.82) is 0 Å². The molecule has 0 atom stereocenters. The number of rotatable bonds is 5. The third-order valence-electron chi connectivity index (χ3n) is 3.58. The second kappa shape index (κ2) is 5.75. The van der Waals surface area contributed by atoms with Crippen LogP contribution in [0.15, 0.2) is 0 Å². The number of hydrogen-bond donors (Lipinski definition) is 2. The fraction of sp³-hybridized carbons (Fsp3) is 0.900. The first-order valence-corrected chi connectivity index (χ1v) is 7.80. The van der Waals surface area contributed by atoms with Crippen molar-refractivity contribution in [3.8, 4) is 0 Å². The molecule has 0 aromatic carbocycles. The van der Waals surface area contributed by atoms with Gasteiger partial charge in [-0.15, -0.1) is 0 Å². The van der Waals surface area contributed by atoms with Gasteiger partial charge in [0.05, 0.1) is 10.5 Å². The van der Waals surface area contributed by atoms with E-state index in [1.165, 1.54) is 0 Å². The molecule has 3 N–H and O–H groups in total. The highest BCUT2D eigenvalue weighted by Gasteiger charge is 2.43. The minimum atomic E-state index is -4.68. The van der Waals surface area contributed by atoms with Crippen LogP contribution < -0.4 is 10.5 Å². The Morgan fingerprint density at radius 2 is 2.00 bits per heavy atom. The fourth-order valence-electron chi connectivity index (χ4n) is 2.29. The number of nitrogens with two attached hydrogens (primary N) is 1.